The SMILES string of the molecule is CC1=CC(C)CC(C(=O)N(NC(=O)c2ccc(C=O)c(B3OC(C)(C)C(C)(C)O3)c2)C(C)(C)C)=C1.COC(OC)c1ccc(C(=O)NN(C(=O)c2cc(C)cc(C)c2)C(C)(C)C)cc1B1OC(C)(C)C(C)(C)O1.C[O-].Cc1cc(C)cc(C(=O)N(NC(=O)c2ccc(C(Br)Br)c(B3OC(C)(C)C(C)(C)O3)c2)C(C)(C)C)c1.[3H][P+](P)=S.[Na+]. The summed E-state index contributed by atoms with van der Waals surface area (Å²) in [5.41, 5.74) is 14.6. The number of rotatable bonds is 14. The Kier molecular flexibility index (Phi) is 35.7. The predicted molar refractivity (Wildman–Crippen MR) is 469 cm³/mol. The van der Waals surface area contributed by atoms with Crippen LogP contribution in [0.1, 0.15) is 271 Å². The van der Waals surface area contributed by atoms with Gasteiger partial charge in [0.25, 0.3) is 35.4 Å². The molecule has 22 nitrogen and oxygen atoms in total. The minimum absolute atomic E-state index is 0. The number of aryl methyl sites for hydroxylation is 4. The summed E-state index contributed by atoms with van der Waals surface area (Å²) in [6, 6.07) is 26.6. The van der Waals surface area contributed by atoms with E-state index in [9.17, 15) is 33.6 Å². The number of carbonyl (C=O) groups excluding carboxylic acids is 7. The van der Waals surface area contributed by atoms with Crippen molar-refractivity contribution in [3.63, 3.8) is 0 Å². The van der Waals surface area contributed by atoms with Crippen molar-refractivity contribution in [2.45, 2.75) is 254 Å². The van der Waals surface area contributed by atoms with Gasteiger partial charge in [-0.2, -0.15) is 7.11 Å². The van der Waals surface area contributed by atoms with Gasteiger partial charge >= 0.3 is 52.2 Å². The fourth-order valence-corrected chi connectivity index (χ4v) is 13.4. The molecular weight excluding hydrogens is 1660 g/mol. The third-order valence-corrected chi connectivity index (χ3v) is 21.6. The molecule has 9 rings (SSSR count). The second-order valence-electron chi connectivity index (χ2n) is 34.9. The largest absolute Gasteiger partial charge is 1.00 e. The average molecular weight is 1780 g/mol. The standard InChI is InChI=1S/C29H41BN2O6.C27H35BBr2N2O4.C27H37BN2O5.CH3O.Na.H2P2S/c1-18-14-19(2)16-21(15-18)25(34)32(27(3,4)5)31-24(33)20-12-13-22(26(35-10)36-11)23(17-20)30-37-28(6,7)29(8,9)38-30;1-16-12-17(2)14-19(13-16)24(34)32(25(3,4)5)31-23(33)18-10-11-20(22(29)30)21(15-18)28-35-26(6,7)27(8,9)36-28;1-17-12-18(2)14-21(13-17)24(33)30(25(3,4)5)29-23(32)19-10-11-20(16-31)22(15-19)28-34-26(6,7)27(8,9)35-28;1-2;;1-2-3/h12-17,26H,1-11H3,(H,31,33);10-15,22H,1-9H3,(H,31,33);10-13,15-16,18H,14H2,1-9H3,(H,29,32);1H3;;1H2/q;;;-1;+1;/p+1/i/hT. The van der Waals surface area contributed by atoms with Gasteiger partial charge in [-0.3, -0.25) is 49.8 Å². The number of benzene rings is 5. The molecule has 1 aliphatic carbocycles. The molecule has 0 bridgehead atoms. The molecule has 3 unspecified atom stereocenters. The minimum atomic E-state index is -0.870. The number of aldehydes is 1. The molecule has 6 amide bonds. The van der Waals surface area contributed by atoms with Crippen LogP contribution in [-0.2, 0) is 54.0 Å². The minimum Gasteiger partial charge on any atom is -0.857 e. The molecule has 5 aromatic carbocycles. The number of hydrogen-bond acceptors (Lipinski definition) is 17. The van der Waals surface area contributed by atoms with E-state index in [2.05, 4.69) is 81.9 Å². The van der Waals surface area contributed by atoms with Crippen LogP contribution in [0, 0.1) is 33.6 Å². The first-order valence-electron chi connectivity index (χ1n) is 38.1. The topological polar surface area (TPSA) is 262 Å². The van der Waals surface area contributed by atoms with Crippen LogP contribution in [0.2, 0.25) is 0 Å². The second kappa shape index (κ2) is 40.9. The Morgan fingerprint density at radius 1 is 0.530 bits per heavy atom. The molecule has 31 heteroatoms. The zero-order chi connectivity index (χ0) is 87.8. The van der Waals surface area contributed by atoms with Crippen molar-refractivity contribution in [2.24, 2.45) is 5.92 Å². The van der Waals surface area contributed by atoms with Gasteiger partial charge < -0.3 is 42.5 Å². The van der Waals surface area contributed by atoms with Crippen LogP contribution >= 0.6 is 47.8 Å². The smallest absolute Gasteiger partial charge is 0.857 e. The van der Waals surface area contributed by atoms with Crippen LogP contribution in [0.25, 0.3) is 0 Å². The maximum Gasteiger partial charge on any atom is 1.00 e. The van der Waals surface area contributed by atoms with Gasteiger partial charge in [-0.25, -0.2) is 15.0 Å². The average Bonchev–Trinajstić information content (AvgIpc) is 1.60. The molecule has 0 aromatic heterocycles. The Morgan fingerprint density at radius 2 is 0.817 bits per heavy atom. The third-order valence-electron chi connectivity index (χ3n) is 20.6. The second-order valence-corrected chi connectivity index (χ2v) is 40.7. The van der Waals surface area contributed by atoms with Crippen LogP contribution in [0.15, 0.2) is 114 Å². The predicted octanol–water partition coefficient (Wildman–Crippen LogP) is 11.3. The number of nitrogens with zero attached hydrogens (tertiary/aromatic N) is 3. The number of carbonyl (C=O) groups is 7. The molecule has 3 aliphatic heterocycles. The van der Waals surface area contributed by atoms with E-state index in [1.54, 1.807) is 62.8 Å². The monoisotopic (exact) mass is 1780 g/mol. The zero-order valence-corrected chi connectivity index (χ0v) is 81.2. The van der Waals surface area contributed by atoms with Gasteiger partial charge in [0.15, 0.2) is 25.1 Å². The van der Waals surface area contributed by atoms with Crippen molar-refractivity contribution in [1.29, 1.82) is 1.28 Å². The fraction of sp³-hybridized carbons (Fsp3) is 0.512. The molecule has 0 radical (unpaired) electrons. The van der Waals surface area contributed by atoms with Crippen molar-refractivity contribution in [2.75, 3.05) is 21.3 Å². The molecule has 0 saturated carbocycles. The number of halogens is 2. The Balaban J connectivity index is 0.000000352. The van der Waals surface area contributed by atoms with E-state index in [4.69, 9.17) is 43.8 Å². The fourth-order valence-electron chi connectivity index (χ4n) is 12.6. The van der Waals surface area contributed by atoms with E-state index in [1.807, 2.05) is 229 Å². The number of nitrogens with one attached hydrogen (secondary N) is 3. The van der Waals surface area contributed by atoms with Crippen molar-refractivity contribution < 1.29 is 106 Å². The van der Waals surface area contributed by atoms with Gasteiger partial charge in [0.05, 0.1) is 62.9 Å². The number of allylic oxidation sites excluding steroid dienone is 3. The summed E-state index contributed by atoms with van der Waals surface area (Å²) in [7, 11) is 3.86. The van der Waals surface area contributed by atoms with Crippen molar-refractivity contribution in [3.05, 3.63) is 181 Å². The molecular formula is C84H119B3Br2N6NaO16P2S+. The molecule has 3 heterocycles. The van der Waals surface area contributed by atoms with E-state index in [0.717, 1.165) is 52.2 Å². The van der Waals surface area contributed by atoms with Crippen molar-refractivity contribution in [3.8, 4) is 0 Å². The molecule has 620 valence electrons. The summed E-state index contributed by atoms with van der Waals surface area (Å²) in [5.74, 6) is -1.84. The van der Waals surface area contributed by atoms with E-state index in [1.165, 1.54) is 15.0 Å². The van der Waals surface area contributed by atoms with Gasteiger partial charge in [0, 0.05) is 58.7 Å². The summed E-state index contributed by atoms with van der Waals surface area (Å²) in [5, 5.41) is 12.4. The first kappa shape index (κ1) is 100. The van der Waals surface area contributed by atoms with Crippen molar-refractivity contribution >= 4 is 139 Å². The first-order valence-corrected chi connectivity index (χ1v) is 43.0. The van der Waals surface area contributed by atoms with Gasteiger partial charge in [0.2, 0.25) is 0 Å². The number of amides is 6. The summed E-state index contributed by atoms with van der Waals surface area (Å²) in [4.78, 5) is 92.6. The number of methoxy groups -OCH3 is 2. The van der Waals surface area contributed by atoms with Crippen LogP contribution in [-0.4, -0.2) is 151 Å². The molecule has 3 fully saturated rings. The Morgan fingerprint density at radius 3 is 1.11 bits per heavy atom. The van der Waals surface area contributed by atoms with Crippen LogP contribution in [0.5, 0.6) is 0 Å². The summed E-state index contributed by atoms with van der Waals surface area (Å²) in [6.07, 6.45) is 4.65. The maximum atomic E-state index is 13.6. The van der Waals surface area contributed by atoms with Crippen LogP contribution in [0.3, 0.4) is 0 Å². The molecule has 0 spiro atoms. The Labute approximate surface area is 733 Å². The van der Waals surface area contributed by atoms with Gasteiger partial charge in [-0.05, 0) is 275 Å². The van der Waals surface area contributed by atoms with Crippen LogP contribution < -0.4 is 67.3 Å². The number of ether oxygens (including phenoxy) is 2. The van der Waals surface area contributed by atoms with Crippen molar-refractivity contribution in [1.82, 2.24) is 31.3 Å². The molecule has 3 N–H and O–H groups in total. The number of alkyl halides is 2. The summed E-state index contributed by atoms with van der Waals surface area (Å²) < 4.78 is 54.6. The van der Waals surface area contributed by atoms with E-state index in [0.29, 0.717) is 61.9 Å². The van der Waals surface area contributed by atoms with Gasteiger partial charge in [0.1, 0.15) is 6.29 Å². The summed E-state index contributed by atoms with van der Waals surface area (Å²) in [6.45, 7) is 51.3. The molecule has 3 saturated heterocycles. The molecule has 3 atom stereocenters. The quantitative estimate of drug-likeness (QED) is 0.0233. The normalized spacial score (nSPS) is 17.6. The molecule has 5 aromatic rings. The van der Waals surface area contributed by atoms with Gasteiger partial charge in [-0.1, -0.05) is 109 Å². The van der Waals surface area contributed by atoms with E-state index < -0.39 is 103 Å². The first-order chi connectivity index (χ1) is 52.7. The third kappa shape index (κ3) is 25.9. The number of hydrogen-bond donors (Lipinski definition) is 3. The molecule has 115 heavy (non-hydrogen) atoms. The van der Waals surface area contributed by atoms with Gasteiger partial charge in [-0.15, -0.1) is 0 Å². The maximum absolute atomic E-state index is 13.6. The summed E-state index contributed by atoms with van der Waals surface area (Å²) >= 11 is 11.5. The number of hydrazine groups is 3. The molecule has 4 aliphatic rings. The van der Waals surface area contributed by atoms with E-state index in [-0.39, 0.29) is 56.9 Å². The van der Waals surface area contributed by atoms with E-state index >= 15 is 0 Å². The van der Waals surface area contributed by atoms with Crippen LogP contribution in [0.4, 0.5) is 0 Å². The Bertz CT molecular complexity index is 4400. The zero-order valence-electron chi connectivity index (χ0n) is 74.1. The Hall–Kier alpha value is -5.19.